The largest absolute Gasteiger partial charge is 0.0654 e. The Morgan fingerprint density at radius 3 is 2.06 bits per heavy atom. The molecule has 0 aromatic heterocycles. The van der Waals surface area contributed by atoms with E-state index in [0.717, 1.165) is 0 Å². The van der Waals surface area contributed by atoms with Gasteiger partial charge in [-0.05, 0) is 49.2 Å². The zero-order valence-electron chi connectivity index (χ0n) is 12.0. The second-order valence-corrected chi connectivity index (χ2v) is 5.76. The third kappa shape index (κ3) is 2.78. The molecule has 0 saturated carbocycles. The molecule has 0 nitrogen and oxygen atoms in total. The van der Waals surface area contributed by atoms with Crippen molar-refractivity contribution in [2.75, 3.05) is 0 Å². The maximum absolute atomic E-state index is 2.34. The summed E-state index contributed by atoms with van der Waals surface area (Å²) in [4.78, 5) is 0. The molecule has 0 aromatic rings. The van der Waals surface area contributed by atoms with E-state index in [1.165, 1.54) is 25.7 Å². The van der Waals surface area contributed by atoms with Gasteiger partial charge in [-0.2, -0.15) is 0 Å². The molecule has 0 amide bonds. The first-order valence-corrected chi connectivity index (χ1v) is 6.90. The molecular weight excluding hydrogens is 192 g/mol. The first kappa shape index (κ1) is 13.5. The molecule has 0 atom stereocenters. The molecule has 0 aromatic carbocycles. The predicted octanol–water partition coefficient (Wildman–Crippen LogP) is 5.51. The van der Waals surface area contributed by atoms with Gasteiger partial charge in [-0.25, -0.2) is 0 Å². The van der Waals surface area contributed by atoms with E-state index < -0.39 is 0 Å². The van der Waals surface area contributed by atoms with Crippen LogP contribution < -0.4 is 0 Å². The van der Waals surface area contributed by atoms with Gasteiger partial charge in [0, 0.05) is 0 Å². The van der Waals surface area contributed by atoms with Crippen LogP contribution in [-0.2, 0) is 0 Å². The van der Waals surface area contributed by atoms with Gasteiger partial charge in [0.25, 0.3) is 0 Å². The highest BCUT2D eigenvalue weighted by Crippen LogP contribution is 2.41. The second-order valence-electron chi connectivity index (χ2n) is 5.76. The number of rotatable bonds is 5. The Labute approximate surface area is 102 Å². The first-order valence-electron chi connectivity index (χ1n) is 6.90. The lowest BCUT2D eigenvalue weighted by Crippen LogP contribution is -2.01. The Morgan fingerprint density at radius 1 is 1.06 bits per heavy atom. The van der Waals surface area contributed by atoms with Crippen molar-refractivity contribution >= 4 is 0 Å². The molecule has 0 radical (unpaired) electrons. The minimum Gasteiger partial charge on any atom is -0.0654 e. The summed E-state index contributed by atoms with van der Waals surface area (Å²) in [6.45, 7) is 14.0. The molecule has 0 unspecified atom stereocenters. The molecule has 1 rings (SSSR count). The van der Waals surface area contributed by atoms with Crippen LogP contribution >= 0.6 is 0 Å². The SMILES string of the molecule is CCCCC1=C(C)C(C(C)C)=C(C(C)C)C1. The summed E-state index contributed by atoms with van der Waals surface area (Å²) in [6.07, 6.45) is 5.24. The molecule has 92 valence electrons. The van der Waals surface area contributed by atoms with Gasteiger partial charge in [-0.3, -0.25) is 0 Å². The zero-order valence-corrected chi connectivity index (χ0v) is 12.0. The molecule has 0 heteroatoms. The van der Waals surface area contributed by atoms with Crippen LogP contribution in [0.3, 0.4) is 0 Å². The van der Waals surface area contributed by atoms with Crippen LogP contribution in [0.2, 0.25) is 0 Å². The van der Waals surface area contributed by atoms with Gasteiger partial charge in [0.1, 0.15) is 0 Å². The third-order valence-corrected chi connectivity index (χ3v) is 3.79. The molecule has 16 heavy (non-hydrogen) atoms. The van der Waals surface area contributed by atoms with Crippen molar-refractivity contribution in [2.45, 2.75) is 67.2 Å². The fraction of sp³-hybridized carbons (Fsp3) is 0.750. The van der Waals surface area contributed by atoms with Crippen molar-refractivity contribution in [3.8, 4) is 0 Å². The van der Waals surface area contributed by atoms with E-state index in [1.54, 1.807) is 22.3 Å². The monoisotopic (exact) mass is 220 g/mol. The molecule has 0 N–H and O–H groups in total. The van der Waals surface area contributed by atoms with Crippen LogP contribution in [0.15, 0.2) is 22.3 Å². The third-order valence-electron chi connectivity index (χ3n) is 3.79. The van der Waals surface area contributed by atoms with Crippen molar-refractivity contribution in [1.82, 2.24) is 0 Å². The first-order chi connectivity index (χ1) is 7.49. The van der Waals surface area contributed by atoms with Crippen LogP contribution in [0, 0.1) is 11.8 Å². The Bertz CT molecular complexity index is 300. The Kier molecular flexibility index (Phi) is 4.83. The molecule has 0 heterocycles. The summed E-state index contributed by atoms with van der Waals surface area (Å²) in [5, 5.41) is 0. The molecule has 1 aliphatic carbocycles. The quantitative estimate of drug-likeness (QED) is 0.573. The van der Waals surface area contributed by atoms with Gasteiger partial charge in [-0.1, -0.05) is 52.2 Å². The Hall–Kier alpha value is -0.520. The van der Waals surface area contributed by atoms with E-state index in [-0.39, 0.29) is 0 Å². The van der Waals surface area contributed by atoms with E-state index >= 15 is 0 Å². The number of hydrogen-bond donors (Lipinski definition) is 0. The minimum absolute atomic E-state index is 0.691. The number of allylic oxidation sites excluding steroid dienone is 4. The minimum atomic E-state index is 0.691. The summed E-state index contributed by atoms with van der Waals surface area (Å²) in [7, 11) is 0. The number of hydrogen-bond acceptors (Lipinski definition) is 0. The fourth-order valence-electron chi connectivity index (χ4n) is 2.87. The van der Waals surface area contributed by atoms with Gasteiger partial charge < -0.3 is 0 Å². The van der Waals surface area contributed by atoms with Crippen molar-refractivity contribution < 1.29 is 0 Å². The van der Waals surface area contributed by atoms with Gasteiger partial charge in [0.15, 0.2) is 0 Å². The summed E-state index contributed by atoms with van der Waals surface area (Å²) < 4.78 is 0. The normalized spacial score (nSPS) is 17.2. The van der Waals surface area contributed by atoms with Crippen molar-refractivity contribution in [3.63, 3.8) is 0 Å². The van der Waals surface area contributed by atoms with Crippen LogP contribution in [0.5, 0.6) is 0 Å². The average molecular weight is 220 g/mol. The van der Waals surface area contributed by atoms with Gasteiger partial charge >= 0.3 is 0 Å². The lowest BCUT2D eigenvalue weighted by Gasteiger charge is -2.15. The summed E-state index contributed by atoms with van der Waals surface area (Å²) in [5.74, 6) is 1.41. The highest BCUT2D eigenvalue weighted by molar-refractivity contribution is 5.47. The molecule has 0 bridgehead atoms. The maximum Gasteiger partial charge on any atom is -0.00940 e. The molecule has 0 saturated heterocycles. The van der Waals surface area contributed by atoms with E-state index in [1.807, 2.05) is 0 Å². The lowest BCUT2D eigenvalue weighted by atomic mass is 9.90. The van der Waals surface area contributed by atoms with Crippen molar-refractivity contribution in [1.29, 1.82) is 0 Å². The summed E-state index contributed by atoms with van der Waals surface area (Å²) in [5.41, 5.74) is 6.71. The van der Waals surface area contributed by atoms with Crippen LogP contribution in [0.25, 0.3) is 0 Å². The Balaban J connectivity index is 2.91. The summed E-state index contributed by atoms with van der Waals surface area (Å²) >= 11 is 0. The van der Waals surface area contributed by atoms with Crippen LogP contribution in [0.1, 0.15) is 67.2 Å². The average Bonchev–Trinajstić information content (AvgIpc) is 2.53. The molecule has 0 aliphatic heterocycles. The lowest BCUT2D eigenvalue weighted by molar-refractivity contribution is 0.690. The van der Waals surface area contributed by atoms with Gasteiger partial charge in [0.2, 0.25) is 0 Å². The maximum atomic E-state index is 2.34. The van der Waals surface area contributed by atoms with Crippen LogP contribution in [-0.4, -0.2) is 0 Å². The smallest absolute Gasteiger partial charge is 0.00940 e. The predicted molar refractivity (Wildman–Crippen MR) is 73.5 cm³/mol. The highest BCUT2D eigenvalue weighted by Gasteiger charge is 2.24. The molecule has 1 aliphatic rings. The van der Waals surface area contributed by atoms with E-state index in [9.17, 15) is 0 Å². The topological polar surface area (TPSA) is 0 Å². The zero-order chi connectivity index (χ0) is 12.3. The second kappa shape index (κ2) is 5.70. The molecular formula is C16H28. The van der Waals surface area contributed by atoms with Gasteiger partial charge in [-0.15, -0.1) is 0 Å². The van der Waals surface area contributed by atoms with Crippen molar-refractivity contribution in [2.24, 2.45) is 11.8 Å². The fourth-order valence-corrected chi connectivity index (χ4v) is 2.87. The molecule has 0 fully saturated rings. The summed E-state index contributed by atoms with van der Waals surface area (Å²) in [6, 6.07) is 0. The molecule has 0 spiro atoms. The van der Waals surface area contributed by atoms with E-state index in [2.05, 4.69) is 41.5 Å². The van der Waals surface area contributed by atoms with Crippen LogP contribution in [0.4, 0.5) is 0 Å². The van der Waals surface area contributed by atoms with Crippen molar-refractivity contribution in [3.05, 3.63) is 22.3 Å². The van der Waals surface area contributed by atoms with E-state index in [4.69, 9.17) is 0 Å². The Morgan fingerprint density at radius 2 is 1.69 bits per heavy atom. The van der Waals surface area contributed by atoms with Gasteiger partial charge in [0.05, 0.1) is 0 Å². The highest BCUT2D eigenvalue weighted by atomic mass is 14.3. The number of unbranched alkanes of at least 4 members (excludes halogenated alkanes) is 1. The standard InChI is InChI=1S/C16H28/c1-7-8-9-14-10-15(11(2)3)16(12(4)5)13(14)6/h11-12H,7-10H2,1-6H3. The van der Waals surface area contributed by atoms with E-state index in [0.29, 0.717) is 11.8 Å².